The molecule has 2 aliphatic heterocycles. The molecular weight excluding hydrogens is 440 g/mol. The lowest BCUT2D eigenvalue weighted by Gasteiger charge is -2.44. The summed E-state index contributed by atoms with van der Waals surface area (Å²) >= 11 is 0. The van der Waals surface area contributed by atoms with Crippen molar-refractivity contribution in [2.45, 2.75) is 18.5 Å². The van der Waals surface area contributed by atoms with E-state index in [1.165, 1.54) is 0 Å². The summed E-state index contributed by atoms with van der Waals surface area (Å²) in [6.07, 6.45) is 2.46. The zero-order chi connectivity index (χ0) is 24.7. The van der Waals surface area contributed by atoms with Crippen molar-refractivity contribution in [1.29, 1.82) is 0 Å². The number of likely N-dealkylation sites (N-methyl/N-ethyl adjacent to an activating group) is 1. The van der Waals surface area contributed by atoms with Crippen LogP contribution in [0, 0.1) is 5.92 Å². The number of hydrogen-bond acceptors (Lipinski definition) is 5. The Labute approximate surface area is 205 Å². The maximum atomic E-state index is 13.5. The SMILES string of the molecule is CN(C)C(=O)c1ccc(-c2ccc3c(c2)[C@@H]2[C@@H](CCN2C(=O)c2ccccn2)[C@@H](CO)N3C)cc1. The van der Waals surface area contributed by atoms with Crippen molar-refractivity contribution in [3.8, 4) is 11.1 Å². The van der Waals surface area contributed by atoms with Crippen molar-refractivity contribution in [1.82, 2.24) is 14.8 Å². The molecule has 0 radical (unpaired) electrons. The number of pyridine rings is 1. The van der Waals surface area contributed by atoms with E-state index < -0.39 is 0 Å². The van der Waals surface area contributed by atoms with Crippen LogP contribution in [0.15, 0.2) is 66.9 Å². The summed E-state index contributed by atoms with van der Waals surface area (Å²) in [7, 11) is 5.50. The predicted octanol–water partition coefficient (Wildman–Crippen LogP) is 3.46. The maximum Gasteiger partial charge on any atom is 0.272 e. The summed E-state index contributed by atoms with van der Waals surface area (Å²) in [5, 5.41) is 10.2. The Bertz CT molecular complexity index is 1240. The van der Waals surface area contributed by atoms with Gasteiger partial charge in [0.2, 0.25) is 0 Å². The van der Waals surface area contributed by atoms with Gasteiger partial charge < -0.3 is 19.8 Å². The Morgan fingerprint density at radius 2 is 1.80 bits per heavy atom. The molecule has 0 spiro atoms. The van der Waals surface area contributed by atoms with Gasteiger partial charge in [0.05, 0.1) is 18.7 Å². The van der Waals surface area contributed by atoms with Crippen molar-refractivity contribution < 1.29 is 14.7 Å². The third kappa shape index (κ3) is 3.96. The lowest BCUT2D eigenvalue weighted by Crippen LogP contribution is -2.48. The summed E-state index contributed by atoms with van der Waals surface area (Å²) in [6.45, 7) is 0.659. The van der Waals surface area contributed by atoms with Crippen LogP contribution < -0.4 is 4.90 Å². The van der Waals surface area contributed by atoms with Crippen LogP contribution in [0.25, 0.3) is 11.1 Å². The Kier molecular flexibility index (Phi) is 6.03. The molecule has 2 aromatic carbocycles. The smallest absolute Gasteiger partial charge is 0.272 e. The molecule has 2 aliphatic rings. The quantitative estimate of drug-likeness (QED) is 0.632. The minimum absolute atomic E-state index is 0.0314. The number of amides is 2. The zero-order valence-electron chi connectivity index (χ0n) is 20.3. The first kappa shape index (κ1) is 23.1. The predicted molar refractivity (Wildman–Crippen MR) is 135 cm³/mol. The first-order chi connectivity index (χ1) is 16.9. The van der Waals surface area contributed by atoms with Crippen LogP contribution >= 0.6 is 0 Å². The molecule has 3 aromatic rings. The maximum absolute atomic E-state index is 13.5. The highest BCUT2D eigenvalue weighted by Gasteiger charge is 2.48. The van der Waals surface area contributed by atoms with Gasteiger partial charge in [-0.05, 0) is 59.5 Å². The fourth-order valence-corrected chi connectivity index (χ4v) is 5.56. The highest BCUT2D eigenvalue weighted by atomic mass is 16.3. The van der Waals surface area contributed by atoms with Crippen molar-refractivity contribution in [2.75, 3.05) is 39.2 Å². The van der Waals surface area contributed by atoms with Gasteiger partial charge in [0.1, 0.15) is 5.69 Å². The van der Waals surface area contributed by atoms with Crippen LogP contribution in [0.1, 0.15) is 38.9 Å². The molecule has 7 nitrogen and oxygen atoms in total. The number of carbonyl (C=O) groups is 2. The second-order valence-corrected chi connectivity index (χ2v) is 9.52. The van der Waals surface area contributed by atoms with Gasteiger partial charge in [0.25, 0.3) is 11.8 Å². The summed E-state index contributed by atoms with van der Waals surface area (Å²) < 4.78 is 0. The third-order valence-corrected chi connectivity index (χ3v) is 7.37. The van der Waals surface area contributed by atoms with Crippen LogP contribution in [-0.4, -0.2) is 72.0 Å². The van der Waals surface area contributed by atoms with Crippen molar-refractivity contribution in [3.63, 3.8) is 0 Å². The van der Waals surface area contributed by atoms with Gasteiger partial charge in [-0.15, -0.1) is 0 Å². The molecule has 1 N–H and O–H groups in total. The molecule has 3 atom stereocenters. The molecule has 5 rings (SSSR count). The molecule has 0 saturated carbocycles. The number of hydrogen-bond donors (Lipinski definition) is 1. The van der Waals surface area contributed by atoms with Crippen LogP contribution in [0.4, 0.5) is 5.69 Å². The Morgan fingerprint density at radius 1 is 1.06 bits per heavy atom. The van der Waals surface area contributed by atoms with Gasteiger partial charge in [-0.3, -0.25) is 14.6 Å². The number of anilines is 1. The Hall–Kier alpha value is -3.71. The van der Waals surface area contributed by atoms with Gasteiger partial charge >= 0.3 is 0 Å². The van der Waals surface area contributed by atoms with E-state index in [2.05, 4.69) is 28.1 Å². The van der Waals surface area contributed by atoms with Gasteiger partial charge in [0.15, 0.2) is 0 Å². The summed E-state index contributed by atoms with van der Waals surface area (Å²) in [5.74, 6) is 0.0129. The average molecular weight is 471 g/mol. The van der Waals surface area contributed by atoms with E-state index in [1.807, 2.05) is 42.3 Å². The number of aliphatic hydroxyl groups is 1. The normalized spacial score (nSPS) is 20.9. The Morgan fingerprint density at radius 3 is 2.46 bits per heavy atom. The number of likely N-dealkylation sites (tertiary alicyclic amines) is 1. The summed E-state index contributed by atoms with van der Waals surface area (Å²) in [5.41, 5.74) is 5.22. The van der Waals surface area contributed by atoms with Crippen LogP contribution in [-0.2, 0) is 0 Å². The number of fused-ring (bicyclic) bond motifs is 3. The number of aromatic nitrogens is 1. The molecule has 1 saturated heterocycles. The lowest BCUT2D eigenvalue weighted by atomic mass is 9.81. The fraction of sp³-hybridized carbons (Fsp3) is 0.321. The molecular formula is C28H30N4O3. The van der Waals surface area contributed by atoms with E-state index in [-0.39, 0.29) is 36.4 Å². The molecule has 0 aliphatic carbocycles. The monoisotopic (exact) mass is 470 g/mol. The highest BCUT2D eigenvalue weighted by molar-refractivity contribution is 5.94. The van der Waals surface area contributed by atoms with Gasteiger partial charge in [-0.2, -0.15) is 0 Å². The molecule has 180 valence electrons. The van der Waals surface area contributed by atoms with Crippen LogP contribution in [0.5, 0.6) is 0 Å². The number of nitrogens with zero attached hydrogens (tertiary/aromatic N) is 4. The Balaban J connectivity index is 1.55. The molecule has 35 heavy (non-hydrogen) atoms. The van der Waals surface area contributed by atoms with Gasteiger partial charge in [-0.25, -0.2) is 0 Å². The van der Waals surface area contributed by atoms with E-state index in [9.17, 15) is 14.7 Å². The molecule has 3 heterocycles. The first-order valence-corrected chi connectivity index (χ1v) is 11.9. The van der Waals surface area contributed by atoms with E-state index in [1.54, 1.807) is 37.3 Å². The number of rotatable bonds is 4. The fourth-order valence-electron chi connectivity index (χ4n) is 5.56. The van der Waals surface area contributed by atoms with Crippen LogP contribution in [0.2, 0.25) is 0 Å². The number of aliphatic hydroxyl groups excluding tert-OH is 1. The summed E-state index contributed by atoms with van der Waals surface area (Å²) in [6, 6.07) is 19.1. The lowest BCUT2D eigenvalue weighted by molar-refractivity contribution is 0.0688. The molecule has 0 bridgehead atoms. The van der Waals surface area contributed by atoms with Gasteiger partial charge in [-0.1, -0.05) is 24.3 Å². The van der Waals surface area contributed by atoms with E-state index in [0.29, 0.717) is 17.8 Å². The largest absolute Gasteiger partial charge is 0.394 e. The van der Waals surface area contributed by atoms with Crippen molar-refractivity contribution in [2.24, 2.45) is 5.92 Å². The molecule has 0 unspecified atom stereocenters. The minimum atomic E-state index is -0.137. The van der Waals surface area contributed by atoms with Gasteiger partial charge in [0, 0.05) is 51.1 Å². The minimum Gasteiger partial charge on any atom is -0.394 e. The van der Waals surface area contributed by atoms with Crippen LogP contribution in [0.3, 0.4) is 0 Å². The third-order valence-electron chi connectivity index (χ3n) is 7.37. The summed E-state index contributed by atoms with van der Waals surface area (Å²) in [4.78, 5) is 35.6. The van der Waals surface area contributed by atoms with Crippen molar-refractivity contribution >= 4 is 17.5 Å². The molecule has 1 aromatic heterocycles. The molecule has 7 heteroatoms. The van der Waals surface area contributed by atoms with E-state index in [0.717, 1.165) is 28.8 Å². The molecule has 1 fully saturated rings. The van der Waals surface area contributed by atoms with E-state index in [4.69, 9.17) is 0 Å². The van der Waals surface area contributed by atoms with E-state index >= 15 is 0 Å². The standard InChI is InChI=1S/C28H30N4O3/c1-30(2)27(34)19-9-7-18(8-10-19)20-11-12-24-22(16-20)26-21(25(17-33)31(24)3)13-15-32(26)28(35)23-6-4-5-14-29-23/h4-12,14,16,21,25-26,33H,13,15,17H2,1-3H3/t21-,25+,26-/m0/s1. The zero-order valence-corrected chi connectivity index (χ0v) is 20.3. The topological polar surface area (TPSA) is 77.0 Å². The number of benzene rings is 2. The number of carbonyl (C=O) groups excluding carboxylic acids is 2. The van der Waals surface area contributed by atoms with Crippen molar-refractivity contribution in [3.05, 3.63) is 83.7 Å². The first-order valence-electron chi connectivity index (χ1n) is 11.9. The second kappa shape index (κ2) is 9.15. The molecule has 2 amide bonds. The second-order valence-electron chi connectivity index (χ2n) is 9.52. The average Bonchev–Trinajstić information content (AvgIpc) is 3.33. The highest BCUT2D eigenvalue weighted by Crippen LogP contribution is 2.49.